The Morgan fingerprint density at radius 3 is 2.35 bits per heavy atom. The highest BCUT2D eigenvalue weighted by molar-refractivity contribution is 5.99. The van der Waals surface area contributed by atoms with Crippen LogP contribution >= 0.6 is 0 Å². The van der Waals surface area contributed by atoms with E-state index in [0.717, 1.165) is 50.5 Å². The minimum Gasteiger partial charge on any atom is -0.481 e. The molecule has 1 heterocycles. The summed E-state index contributed by atoms with van der Waals surface area (Å²) in [5.74, 6) is -2.17. The molecule has 1 unspecified atom stereocenters. The van der Waals surface area contributed by atoms with Crippen molar-refractivity contribution in [2.75, 3.05) is 13.1 Å². The summed E-state index contributed by atoms with van der Waals surface area (Å²) < 4.78 is 0. The van der Waals surface area contributed by atoms with Crippen LogP contribution in [0.1, 0.15) is 50.5 Å². The van der Waals surface area contributed by atoms with Gasteiger partial charge in [-0.3, -0.25) is 9.59 Å². The molecule has 1 aromatic carbocycles. The first kappa shape index (κ1) is 16.0. The molecule has 123 valence electrons. The van der Waals surface area contributed by atoms with Crippen molar-refractivity contribution in [1.29, 1.82) is 0 Å². The van der Waals surface area contributed by atoms with E-state index in [1.54, 1.807) is 4.90 Å². The molecule has 0 aromatic heterocycles. The molecule has 0 spiro atoms. The highest BCUT2D eigenvalue weighted by Gasteiger charge is 2.50. The maximum absolute atomic E-state index is 13.0. The van der Waals surface area contributed by atoms with Crippen molar-refractivity contribution in [3.63, 3.8) is 0 Å². The number of carbonyl (C=O) groups is 2. The molecule has 1 aliphatic carbocycles. The number of nitrogens with zero attached hydrogens (tertiary/aromatic N) is 1. The number of hydrogen-bond donors (Lipinski definition) is 1. The molecule has 1 amide bonds. The lowest BCUT2D eigenvalue weighted by Gasteiger charge is -2.42. The van der Waals surface area contributed by atoms with Gasteiger partial charge in [-0.15, -0.1) is 0 Å². The third-order valence-corrected chi connectivity index (χ3v) is 5.46. The summed E-state index contributed by atoms with van der Waals surface area (Å²) >= 11 is 0. The van der Waals surface area contributed by atoms with Gasteiger partial charge < -0.3 is 10.0 Å². The van der Waals surface area contributed by atoms with E-state index in [1.807, 2.05) is 24.3 Å². The van der Waals surface area contributed by atoms with Crippen LogP contribution in [0, 0.1) is 12.0 Å². The number of carbonyl (C=O) groups excluding carboxylic acids is 1. The van der Waals surface area contributed by atoms with Gasteiger partial charge in [0.05, 0.1) is 0 Å². The quantitative estimate of drug-likeness (QED) is 0.869. The van der Waals surface area contributed by atoms with Gasteiger partial charge in [0.1, 0.15) is 5.92 Å². The Hall–Kier alpha value is -1.84. The van der Waals surface area contributed by atoms with Crippen molar-refractivity contribution in [2.24, 2.45) is 5.92 Å². The molecule has 1 saturated heterocycles. The van der Waals surface area contributed by atoms with Crippen LogP contribution in [0.15, 0.2) is 24.3 Å². The van der Waals surface area contributed by atoms with Crippen molar-refractivity contribution < 1.29 is 14.7 Å². The second kappa shape index (κ2) is 6.73. The minimum atomic E-state index is -0.987. The van der Waals surface area contributed by atoms with Gasteiger partial charge in [-0.25, -0.2) is 0 Å². The smallest absolute Gasteiger partial charge is 0.316 e. The summed E-state index contributed by atoms with van der Waals surface area (Å²) in [5.41, 5.74) is 0.282. The molecule has 1 aliphatic heterocycles. The van der Waals surface area contributed by atoms with E-state index in [-0.39, 0.29) is 5.91 Å². The van der Waals surface area contributed by atoms with Crippen LogP contribution in [0.3, 0.4) is 0 Å². The zero-order valence-corrected chi connectivity index (χ0v) is 13.5. The number of likely N-dealkylation sites (tertiary alicyclic amines) is 1. The molecule has 2 fully saturated rings. The molecular formula is C19H24NO3. The molecule has 1 N–H and O–H groups in total. The van der Waals surface area contributed by atoms with Crippen LogP contribution < -0.4 is 0 Å². The Morgan fingerprint density at radius 1 is 1.09 bits per heavy atom. The summed E-state index contributed by atoms with van der Waals surface area (Å²) in [6.45, 7) is 1.38. The Kier molecular flexibility index (Phi) is 4.69. The summed E-state index contributed by atoms with van der Waals surface area (Å²) in [7, 11) is 0. The first-order valence-electron chi connectivity index (χ1n) is 8.64. The standard InChI is InChI=1S/C19H24NO3/c21-17(20-13-7-8-14-20)16(18(22)23)19(11-5-2-6-12-19)15-9-3-1-4-10-15/h1,3-4,9,16H,2,5-8,11-14H2,(H,22,23). The average molecular weight is 314 g/mol. The van der Waals surface area contributed by atoms with E-state index < -0.39 is 17.3 Å². The number of rotatable bonds is 4. The average Bonchev–Trinajstić information content (AvgIpc) is 3.11. The van der Waals surface area contributed by atoms with E-state index in [4.69, 9.17) is 0 Å². The summed E-state index contributed by atoms with van der Waals surface area (Å²) in [4.78, 5) is 26.9. The van der Waals surface area contributed by atoms with Crippen molar-refractivity contribution in [3.8, 4) is 0 Å². The fraction of sp³-hybridized carbons (Fsp3) is 0.579. The second-order valence-electron chi connectivity index (χ2n) is 6.80. The highest BCUT2D eigenvalue weighted by atomic mass is 16.4. The number of amides is 1. The third-order valence-electron chi connectivity index (χ3n) is 5.46. The zero-order valence-electron chi connectivity index (χ0n) is 13.5. The maximum Gasteiger partial charge on any atom is 0.316 e. The predicted octanol–water partition coefficient (Wildman–Crippen LogP) is 3.01. The van der Waals surface area contributed by atoms with Crippen molar-refractivity contribution in [2.45, 2.75) is 50.4 Å². The first-order valence-corrected chi connectivity index (χ1v) is 8.64. The van der Waals surface area contributed by atoms with Gasteiger partial charge in [-0.05, 0) is 37.3 Å². The van der Waals surface area contributed by atoms with E-state index in [0.29, 0.717) is 13.1 Å². The molecule has 3 rings (SSSR count). The Balaban J connectivity index is 2.01. The van der Waals surface area contributed by atoms with Crippen molar-refractivity contribution in [3.05, 3.63) is 35.9 Å². The van der Waals surface area contributed by atoms with E-state index in [2.05, 4.69) is 6.07 Å². The molecule has 23 heavy (non-hydrogen) atoms. The van der Waals surface area contributed by atoms with Gasteiger partial charge in [-0.2, -0.15) is 0 Å². The number of hydrogen-bond acceptors (Lipinski definition) is 2. The molecule has 4 nitrogen and oxygen atoms in total. The van der Waals surface area contributed by atoms with Crippen LogP contribution in [-0.2, 0) is 15.0 Å². The van der Waals surface area contributed by atoms with Gasteiger partial charge in [-0.1, -0.05) is 43.5 Å². The lowest BCUT2D eigenvalue weighted by molar-refractivity contribution is -0.155. The summed E-state index contributed by atoms with van der Waals surface area (Å²) in [6.07, 6.45) is 6.51. The fourth-order valence-electron chi connectivity index (χ4n) is 4.30. The van der Waals surface area contributed by atoms with Crippen LogP contribution in [0.2, 0.25) is 0 Å². The van der Waals surface area contributed by atoms with E-state index in [9.17, 15) is 14.7 Å². The molecule has 1 atom stereocenters. The molecule has 1 aromatic rings. The number of aliphatic carboxylic acids is 1. The van der Waals surface area contributed by atoms with Gasteiger partial charge in [0.15, 0.2) is 0 Å². The Labute approximate surface area is 137 Å². The summed E-state index contributed by atoms with van der Waals surface area (Å²) in [5, 5.41) is 9.92. The largest absolute Gasteiger partial charge is 0.481 e. The third kappa shape index (κ3) is 2.99. The minimum absolute atomic E-state index is 0.200. The van der Waals surface area contributed by atoms with E-state index >= 15 is 0 Å². The molecule has 1 radical (unpaired) electrons. The van der Waals surface area contributed by atoms with Crippen LogP contribution in [0.5, 0.6) is 0 Å². The molecule has 1 saturated carbocycles. The zero-order chi connectivity index (χ0) is 16.3. The molecule has 0 bridgehead atoms. The van der Waals surface area contributed by atoms with Crippen LogP contribution in [-0.4, -0.2) is 35.0 Å². The lowest BCUT2D eigenvalue weighted by Crippen LogP contribution is -2.50. The molecular weight excluding hydrogens is 290 g/mol. The number of benzene rings is 1. The number of carboxylic acid groups (broad SMARTS) is 1. The van der Waals surface area contributed by atoms with Gasteiger partial charge in [0.25, 0.3) is 0 Å². The normalized spacial score (nSPS) is 21.8. The Bertz CT molecular complexity index is 557. The van der Waals surface area contributed by atoms with Crippen LogP contribution in [0.25, 0.3) is 0 Å². The second-order valence-corrected chi connectivity index (χ2v) is 6.80. The monoisotopic (exact) mass is 314 g/mol. The van der Waals surface area contributed by atoms with Crippen molar-refractivity contribution >= 4 is 11.9 Å². The van der Waals surface area contributed by atoms with Gasteiger partial charge in [0.2, 0.25) is 5.91 Å². The van der Waals surface area contributed by atoms with E-state index in [1.165, 1.54) is 0 Å². The lowest BCUT2D eigenvalue weighted by atomic mass is 9.61. The highest BCUT2D eigenvalue weighted by Crippen LogP contribution is 2.46. The van der Waals surface area contributed by atoms with Gasteiger partial charge >= 0.3 is 5.97 Å². The summed E-state index contributed by atoms with van der Waals surface area (Å²) in [6, 6.07) is 10.8. The maximum atomic E-state index is 13.0. The molecule has 2 aliphatic rings. The molecule has 4 heteroatoms. The van der Waals surface area contributed by atoms with Crippen LogP contribution in [0.4, 0.5) is 0 Å². The fourth-order valence-corrected chi connectivity index (χ4v) is 4.30. The Morgan fingerprint density at radius 2 is 1.78 bits per heavy atom. The van der Waals surface area contributed by atoms with Crippen molar-refractivity contribution in [1.82, 2.24) is 4.90 Å². The topological polar surface area (TPSA) is 57.6 Å². The van der Waals surface area contributed by atoms with Gasteiger partial charge in [0, 0.05) is 18.5 Å². The first-order chi connectivity index (χ1) is 11.1. The SMILES string of the molecule is O=C(O)C(C(=O)N1CCCC1)C1(c2[c]cccc2)CCCCC1. The number of carboxylic acids is 1. The predicted molar refractivity (Wildman–Crippen MR) is 87.0 cm³/mol.